The maximum Gasteiger partial charge on any atom is 0.317 e. The number of aliphatic carboxylic acids is 1. The maximum absolute atomic E-state index is 12.8. The fourth-order valence-corrected chi connectivity index (χ4v) is 3.18. The number of carbonyl (C=O) groups excluding carboxylic acids is 1. The Morgan fingerprint density at radius 3 is 2.42 bits per heavy atom. The number of benzene rings is 1. The molecule has 6 nitrogen and oxygen atoms in total. The van der Waals surface area contributed by atoms with Gasteiger partial charge in [-0.3, -0.25) is 19.4 Å². The van der Waals surface area contributed by atoms with Crippen molar-refractivity contribution in [1.29, 1.82) is 0 Å². The Labute approximate surface area is 159 Å². The average molecular weight is 388 g/mol. The van der Waals surface area contributed by atoms with E-state index in [1.165, 1.54) is 12.1 Å². The molecule has 8 heteroatoms. The zero-order valence-electron chi connectivity index (χ0n) is 15.0. The number of nitrogens with zero attached hydrogens (tertiary/aromatic N) is 2. The van der Waals surface area contributed by atoms with Gasteiger partial charge in [0.25, 0.3) is 0 Å². The standard InChI is InChI=1S/C18H26FN3O3.ClH/c1-2-22(13-18(24)25)16-7-9-21(10-8-16)12-17(23)20-11-14-3-5-15(19)6-4-14;/h3-6,16H,2,7-13H2,1H3,(H,20,23)(H,24,25);1H. The van der Waals surface area contributed by atoms with Crippen LogP contribution in [0.4, 0.5) is 4.39 Å². The van der Waals surface area contributed by atoms with Crippen molar-refractivity contribution in [3.63, 3.8) is 0 Å². The molecule has 2 N–H and O–H groups in total. The molecule has 26 heavy (non-hydrogen) atoms. The summed E-state index contributed by atoms with van der Waals surface area (Å²) in [5, 5.41) is 11.8. The normalized spacial score (nSPS) is 15.5. The minimum absolute atomic E-state index is 0. The van der Waals surface area contributed by atoms with Crippen LogP contribution in [0.3, 0.4) is 0 Å². The summed E-state index contributed by atoms with van der Waals surface area (Å²) in [5.74, 6) is -1.15. The van der Waals surface area contributed by atoms with E-state index in [0.717, 1.165) is 38.0 Å². The van der Waals surface area contributed by atoms with Gasteiger partial charge in [0.1, 0.15) is 5.82 Å². The summed E-state index contributed by atoms with van der Waals surface area (Å²) in [6.07, 6.45) is 1.73. The number of likely N-dealkylation sites (tertiary alicyclic amines) is 1. The number of nitrogens with one attached hydrogen (secondary N) is 1. The second-order valence-corrected chi connectivity index (χ2v) is 6.37. The largest absolute Gasteiger partial charge is 0.480 e. The average Bonchev–Trinajstić information content (AvgIpc) is 2.60. The van der Waals surface area contributed by atoms with Crippen molar-refractivity contribution in [1.82, 2.24) is 15.1 Å². The molecule has 1 aromatic carbocycles. The molecule has 0 saturated carbocycles. The summed E-state index contributed by atoms with van der Waals surface area (Å²) in [6, 6.07) is 6.33. The Bertz CT molecular complexity index is 578. The van der Waals surface area contributed by atoms with Gasteiger partial charge in [0, 0.05) is 25.7 Å². The van der Waals surface area contributed by atoms with E-state index >= 15 is 0 Å². The van der Waals surface area contributed by atoms with Crippen LogP contribution >= 0.6 is 12.4 Å². The highest BCUT2D eigenvalue weighted by Crippen LogP contribution is 2.16. The lowest BCUT2D eigenvalue weighted by atomic mass is 10.0. The lowest BCUT2D eigenvalue weighted by molar-refractivity contribution is -0.139. The smallest absolute Gasteiger partial charge is 0.317 e. The molecule has 1 saturated heterocycles. The van der Waals surface area contributed by atoms with Crippen molar-refractivity contribution < 1.29 is 19.1 Å². The number of piperidine rings is 1. The van der Waals surface area contributed by atoms with Crippen LogP contribution in [0.15, 0.2) is 24.3 Å². The molecule has 0 atom stereocenters. The summed E-state index contributed by atoms with van der Waals surface area (Å²) < 4.78 is 12.8. The number of hydrogen-bond donors (Lipinski definition) is 2. The molecular formula is C18H27ClFN3O3. The van der Waals surface area contributed by atoms with Crippen molar-refractivity contribution in [2.75, 3.05) is 32.7 Å². The Hall–Kier alpha value is -1.70. The summed E-state index contributed by atoms with van der Waals surface area (Å²) in [7, 11) is 0. The SMILES string of the molecule is CCN(CC(=O)O)C1CCN(CC(=O)NCc2ccc(F)cc2)CC1.Cl. The Morgan fingerprint density at radius 2 is 1.88 bits per heavy atom. The minimum Gasteiger partial charge on any atom is -0.480 e. The molecule has 0 bridgehead atoms. The number of halogens is 2. The Kier molecular flexibility index (Phi) is 9.54. The van der Waals surface area contributed by atoms with E-state index in [0.29, 0.717) is 13.1 Å². The van der Waals surface area contributed by atoms with E-state index in [1.807, 2.05) is 11.8 Å². The third kappa shape index (κ3) is 7.27. The van der Waals surface area contributed by atoms with Crippen molar-refractivity contribution >= 4 is 24.3 Å². The van der Waals surface area contributed by atoms with Crippen molar-refractivity contribution in [3.05, 3.63) is 35.6 Å². The second-order valence-electron chi connectivity index (χ2n) is 6.37. The molecule has 1 aliphatic rings. The zero-order valence-corrected chi connectivity index (χ0v) is 15.8. The van der Waals surface area contributed by atoms with Crippen LogP contribution in [0.1, 0.15) is 25.3 Å². The summed E-state index contributed by atoms with van der Waals surface area (Å²) in [4.78, 5) is 27.0. The Balaban J connectivity index is 0.00000338. The zero-order chi connectivity index (χ0) is 18.2. The molecule has 0 aliphatic carbocycles. The quantitative estimate of drug-likeness (QED) is 0.710. The summed E-state index contributed by atoms with van der Waals surface area (Å²) in [6.45, 7) is 5.04. The highest BCUT2D eigenvalue weighted by Gasteiger charge is 2.25. The van der Waals surface area contributed by atoms with Crippen LogP contribution in [0.2, 0.25) is 0 Å². The first kappa shape index (κ1) is 22.3. The first-order chi connectivity index (χ1) is 12.0. The molecule has 1 amide bonds. The van der Waals surface area contributed by atoms with E-state index < -0.39 is 5.97 Å². The topological polar surface area (TPSA) is 72.9 Å². The van der Waals surface area contributed by atoms with Gasteiger partial charge in [0.15, 0.2) is 0 Å². The van der Waals surface area contributed by atoms with Gasteiger partial charge in [-0.15, -0.1) is 12.4 Å². The van der Waals surface area contributed by atoms with Gasteiger partial charge in [0.2, 0.25) is 5.91 Å². The van der Waals surface area contributed by atoms with Crippen LogP contribution in [-0.4, -0.2) is 65.5 Å². The molecule has 0 unspecified atom stereocenters. The minimum atomic E-state index is -0.801. The number of amides is 1. The van der Waals surface area contributed by atoms with Crippen LogP contribution in [-0.2, 0) is 16.1 Å². The fraction of sp³-hybridized carbons (Fsp3) is 0.556. The van der Waals surface area contributed by atoms with Crippen LogP contribution < -0.4 is 5.32 Å². The van der Waals surface area contributed by atoms with E-state index in [-0.39, 0.29) is 36.7 Å². The van der Waals surface area contributed by atoms with Crippen LogP contribution in [0.25, 0.3) is 0 Å². The Morgan fingerprint density at radius 1 is 1.27 bits per heavy atom. The molecule has 0 radical (unpaired) electrons. The molecule has 1 fully saturated rings. The first-order valence-corrected chi connectivity index (χ1v) is 8.67. The van der Waals surface area contributed by atoms with E-state index in [9.17, 15) is 14.0 Å². The van der Waals surface area contributed by atoms with E-state index in [4.69, 9.17) is 5.11 Å². The number of carbonyl (C=O) groups is 2. The lowest BCUT2D eigenvalue weighted by Crippen LogP contribution is -2.48. The summed E-state index contributed by atoms with van der Waals surface area (Å²) in [5.41, 5.74) is 0.862. The van der Waals surface area contributed by atoms with E-state index in [1.54, 1.807) is 12.1 Å². The van der Waals surface area contributed by atoms with E-state index in [2.05, 4.69) is 10.2 Å². The van der Waals surface area contributed by atoms with Gasteiger partial charge < -0.3 is 10.4 Å². The van der Waals surface area contributed by atoms with Crippen molar-refractivity contribution in [2.24, 2.45) is 0 Å². The third-order valence-electron chi connectivity index (χ3n) is 4.59. The molecule has 0 aromatic heterocycles. The predicted octanol–water partition coefficient (Wildman–Crippen LogP) is 1.73. The number of rotatable bonds is 8. The van der Waals surface area contributed by atoms with Crippen LogP contribution in [0, 0.1) is 5.82 Å². The highest BCUT2D eigenvalue weighted by molar-refractivity contribution is 5.85. The third-order valence-corrected chi connectivity index (χ3v) is 4.59. The maximum atomic E-state index is 12.8. The molecule has 1 aliphatic heterocycles. The number of likely N-dealkylation sites (N-methyl/N-ethyl adjacent to an activating group) is 1. The first-order valence-electron chi connectivity index (χ1n) is 8.67. The van der Waals surface area contributed by atoms with Crippen LogP contribution in [0.5, 0.6) is 0 Å². The molecule has 1 aromatic rings. The van der Waals surface area contributed by atoms with Gasteiger partial charge >= 0.3 is 5.97 Å². The molecule has 0 spiro atoms. The number of carboxylic acid groups (broad SMARTS) is 1. The molecular weight excluding hydrogens is 361 g/mol. The fourth-order valence-electron chi connectivity index (χ4n) is 3.18. The van der Waals surface area contributed by atoms with Crippen molar-refractivity contribution in [3.8, 4) is 0 Å². The number of carboxylic acids is 1. The van der Waals surface area contributed by atoms with Gasteiger partial charge in [-0.25, -0.2) is 4.39 Å². The summed E-state index contributed by atoms with van der Waals surface area (Å²) >= 11 is 0. The monoisotopic (exact) mass is 387 g/mol. The predicted molar refractivity (Wildman–Crippen MR) is 99.8 cm³/mol. The van der Waals surface area contributed by atoms with Gasteiger partial charge in [-0.05, 0) is 37.1 Å². The highest BCUT2D eigenvalue weighted by atomic mass is 35.5. The molecule has 146 valence electrons. The molecule has 2 rings (SSSR count). The van der Waals surface area contributed by atoms with Gasteiger partial charge in [0.05, 0.1) is 13.1 Å². The molecule has 1 heterocycles. The lowest BCUT2D eigenvalue weighted by Gasteiger charge is -2.37. The van der Waals surface area contributed by atoms with Crippen molar-refractivity contribution in [2.45, 2.75) is 32.4 Å². The van der Waals surface area contributed by atoms with Gasteiger partial charge in [-0.1, -0.05) is 19.1 Å². The van der Waals surface area contributed by atoms with Gasteiger partial charge in [-0.2, -0.15) is 0 Å². The number of hydrogen-bond acceptors (Lipinski definition) is 4. The second kappa shape index (κ2) is 11.1.